The Kier molecular flexibility index (Phi) is 5.83. The summed E-state index contributed by atoms with van der Waals surface area (Å²) in [5, 5.41) is 0. The SMILES string of the molecule is CCS(=O)CC/C=C/C(F)(F)C(F)(F)C(F)(F)F. The third-order valence-corrected chi connectivity index (χ3v) is 3.27. The van der Waals surface area contributed by atoms with E-state index in [9.17, 15) is 34.9 Å². The highest BCUT2D eigenvalue weighted by atomic mass is 32.2. The van der Waals surface area contributed by atoms with E-state index in [1.165, 1.54) is 0 Å². The number of halogens is 7. The number of hydrogen-bond donors (Lipinski definition) is 0. The highest BCUT2D eigenvalue weighted by molar-refractivity contribution is 7.84. The molecule has 0 aliphatic rings. The molecule has 0 aromatic carbocycles. The van der Waals surface area contributed by atoms with Crippen molar-refractivity contribution in [1.82, 2.24) is 0 Å². The van der Waals surface area contributed by atoms with E-state index >= 15 is 0 Å². The van der Waals surface area contributed by atoms with Gasteiger partial charge in [0.1, 0.15) is 0 Å². The Morgan fingerprint density at radius 3 is 1.94 bits per heavy atom. The summed E-state index contributed by atoms with van der Waals surface area (Å²) in [5.41, 5.74) is 0. The van der Waals surface area contributed by atoms with Crippen LogP contribution in [0.1, 0.15) is 13.3 Å². The molecule has 0 N–H and O–H groups in total. The Morgan fingerprint density at radius 2 is 1.56 bits per heavy atom. The first kappa shape index (κ1) is 17.4. The number of alkyl halides is 7. The Bertz CT molecular complexity index is 321. The summed E-state index contributed by atoms with van der Waals surface area (Å²) >= 11 is 0. The summed E-state index contributed by atoms with van der Waals surface area (Å²) in [7, 11) is -1.30. The number of hydrogen-bond acceptors (Lipinski definition) is 1. The molecule has 1 unspecified atom stereocenters. The second kappa shape index (κ2) is 6.03. The fourth-order valence-corrected chi connectivity index (χ4v) is 1.56. The maximum absolute atomic E-state index is 12.7. The largest absolute Gasteiger partial charge is 0.460 e. The average molecular weight is 300 g/mol. The molecule has 0 fully saturated rings. The molecule has 9 heteroatoms. The van der Waals surface area contributed by atoms with Gasteiger partial charge >= 0.3 is 18.0 Å². The summed E-state index contributed by atoms with van der Waals surface area (Å²) in [5.74, 6) is -11.3. The summed E-state index contributed by atoms with van der Waals surface area (Å²) < 4.78 is 96.1. The van der Waals surface area contributed by atoms with Gasteiger partial charge in [0.15, 0.2) is 0 Å². The van der Waals surface area contributed by atoms with Crippen molar-refractivity contribution >= 4 is 10.8 Å². The first-order chi connectivity index (χ1) is 7.95. The van der Waals surface area contributed by atoms with Crippen LogP contribution in [0.4, 0.5) is 30.7 Å². The summed E-state index contributed by atoms with van der Waals surface area (Å²) in [6, 6.07) is 0. The molecule has 0 spiro atoms. The minimum absolute atomic E-state index is 0.0688. The van der Waals surface area contributed by atoms with E-state index in [0.29, 0.717) is 6.08 Å². The molecule has 1 nitrogen and oxygen atoms in total. The van der Waals surface area contributed by atoms with Crippen molar-refractivity contribution in [3.05, 3.63) is 12.2 Å². The molecule has 0 saturated carbocycles. The van der Waals surface area contributed by atoms with Gasteiger partial charge in [-0.05, 0) is 12.5 Å². The maximum atomic E-state index is 12.7. The summed E-state index contributed by atoms with van der Waals surface area (Å²) in [4.78, 5) is 0. The monoisotopic (exact) mass is 300 g/mol. The average Bonchev–Trinajstić information content (AvgIpc) is 2.22. The summed E-state index contributed by atoms with van der Waals surface area (Å²) in [6.45, 7) is 1.56. The van der Waals surface area contributed by atoms with Crippen molar-refractivity contribution in [2.45, 2.75) is 31.4 Å². The lowest BCUT2D eigenvalue weighted by atomic mass is 10.1. The van der Waals surface area contributed by atoms with Gasteiger partial charge in [0.25, 0.3) is 0 Å². The second-order valence-electron chi connectivity index (χ2n) is 3.32. The Hall–Kier alpha value is -0.600. The third kappa shape index (κ3) is 4.25. The van der Waals surface area contributed by atoms with Crippen molar-refractivity contribution in [1.29, 1.82) is 0 Å². The van der Waals surface area contributed by atoms with Gasteiger partial charge in [0, 0.05) is 22.3 Å². The third-order valence-electron chi connectivity index (χ3n) is 1.94. The quantitative estimate of drug-likeness (QED) is 0.542. The van der Waals surface area contributed by atoms with Gasteiger partial charge in [-0.1, -0.05) is 13.0 Å². The molecule has 0 saturated heterocycles. The van der Waals surface area contributed by atoms with E-state index in [-0.39, 0.29) is 17.9 Å². The van der Waals surface area contributed by atoms with Crippen molar-refractivity contribution in [3.8, 4) is 0 Å². The Morgan fingerprint density at radius 1 is 1.06 bits per heavy atom. The van der Waals surface area contributed by atoms with Crippen molar-refractivity contribution in [2.75, 3.05) is 11.5 Å². The van der Waals surface area contributed by atoms with Gasteiger partial charge in [0.05, 0.1) is 0 Å². The smallest absolute Gasteiger partial charge is 0.260 e. The lowest BCUT2D eigenvalue weighted by Crippen LogP contribution is -2.50. The van der Waals surface area contributed by atoms with Crippen molar-refractivity contribution in [3.63, 3.8) is 0 Å². The minimum atomic E-state index is -6.33. The molecule has 0 bridgehead atoms. The highest BCUT2D eigenvalue weighted by Gasteiger charge is 2.71. The van der Waals surface area contributed by atoms with Crippen molar-refractivity contribution in [2.24, 2.45) is 0 Å². The van der Waals surface area contributed by atoms with E-state index < -0.39 is 34.9 Å². The van der Waals surface area contributed by atoms with E-state index in [1.807, 2.05) is 0 Å². The lowest BCUT2D eigenvalue weighted by Gasteiger charge is -2.25. The molecule has 0 rings (SSSR count). The molecule has 0 aliphatic carbocycles. The number of rotatable bonds is 6. The molecular weight excluding hydrogens is 289 g/mol. The van der Waals surface area contributed by atoms with Crippen LogP contribution in [0.25, 0.3) is 0 Å². The molecule has 0 aromatic rings. The topological polar surface area (TPSA) is 17.1 Å². The zero-order valence-electron chi connectivity index (χ0n) is 9.24. The van der Waals surface area contributed by atoms with Gasteiger partial charge < -0.3 is 0 Å². The fraction of sp³-hybridized carbons (Fsp3) is 0.778. The van der Waals surface area contributed by atoms with Crippen LogP contribution in [0.15, 0.2) is 12.2 Å². The van der Waals surface area contributed by atoms with Gasteiger partial charge in [-0.25, -0.2) is 0 Å². The second-order valence-corrected chi connectivity index (χ2v) is 5.18. The first-order valence-electron chi connectivity index (χ1n) is 4.80. The van der Waals surface area contributed by atoms with Gasteiger partial charge in [-0.2, -0.15) is 30.7 Å². The van der Waals surface area contributed by atoms with Crippen LogP contribution in [-0.4, -0.2) is 33.7 Å². The van der Waals surface area contributed by atoms with E-state index in [4.69, 9.17) is 0 Å². The molecule has 0 amide bonds. The molecule has 0 heterocycles. The van der Waals surface area contributed by atoms with Gasteiger partial charge in [0.2, 0.25) is 0 Å². The molecular formula is C9H11F7OS. The maximum Gasteiger partial charge on any atom is 0.460 e. The molecule has 0 aromatic heterocycles. The minimum Gasteiger partial charge on any atom is -0.260 e. The van der Waals surface area contributed by atoms with E-state index in [0.717, 1.165) is 0 Å². The Labute approximate surface area is 102 Å². The highest BCUT2D eigenvalue weighted by Crippen LogP contribution is 2.47. The molecule has 0 radical (unpaired) electrons. The molecule has 1 atom stereocenters. The van der Waals surface area contributed by atoms with Crippen LogP contribution in [0.5, 0.6) is 0 Å². The molecule has 0 aliphatic heterocycles. The molecule has 108 valence electrons. The van der Waals surface area contributed by atoms with Crippen LogP contribution in [0.3, 0.4) is 0 Å². The summed E-state index contributed by atoms with van der Waals surface area (Å²) in [6.07, 6.45) is -6.60. The predicted molar refractivity (Wildman–Crippen MR) is 53.3 cm³/mol. The molecule has 18 heavy (non-hydrogen) atoms. The normalized spacial score (nSPS) is 16.2. The van der Waals surface area contributed by atoms with Crippen LogP contribution in [0.2, 0.25) is 0 Å². The van der Waals surface area contributed by atoms with Gasteiger partial charge in [-0.3, -0.25) is 4.21 Å². The first-order valence-corrected chi connectivity index (χ1v) is 6.29. The standard InChI is InChI=1S/C9H11F7OS/c1-2-18(17)6-4-3-5-7(10,11)8(12,13)9(14,15)16/h3,5H,2,4,6H2,1H3/b5-3+. The number of allylic oxidation sites excluding steroid dienone is 2. The zero-order valence-corrected chi connectivity index (χ0v) is 10.1. The van der Waals surface area contributed by atoms with Crippen LogP contribution < -0.4 is 0 Å². The van der Waals surface area contributed by atoms with Crippen LogP contribution >= 0.6 is 0 Å². The fourth-order valence-electron chi connectivity index (χ4n) is 0.869. The zero-order chi connectivity index (χ0) is 14.6. The Balaban J connectivity index is 4.66. The van der Waals surface area contributed by atoms with E-state index in [2.05, 4.69) is 0 Å². The van der Waals surface area contributed by atoms with Crippen LogP contribution in [-0.2, 0) is 10.8 Å². The lowest BCUT2D eigenvalue weighted by molar-refractivity contribution is -0.341. The van der Waals surface area contributed by atoms with Crippen LogP contribution in [0, 0.1) is 0 Å². The van der Waals surface area contributed by atoms with Crippen molar-refractivity contribution < 1.29 is 34.9 Å². The van der Waals surface area contributed by atoms with Gasteiger partial charge in [-0.15, -0.1) is 0 Å². The van der Waals surface area contributed by atoms with E-state index in [1.54, 1.807) is 6.92 Å². The predicted octanol–water partition coefficient (Wildman–Crippen LogP) is 3.53.